The van der Waals surface area contributed by atoms with Crippen molar-refractivity contribution in [3.05, 3.63) is 35.6 Å². The number of hydrogen-bond donors (Lipinski definition) is 1. The molecule has 0 saturated heterocycles. The minimum atomic E-state index is -0.436. The molecule has 0 aromatic heterocycles. The molecule has 0 amide bonds. The second-order valence-corrected chi connectivity index (χ2v) is 6.38. The van der Waals surface area contributed by atoms with Gasteiger partial charge < -0.3 is 5.11 Å². The predicted molar refractivity (Wildman–Crippen MR) is 75.4 cm³/mol. The van der Waals surface area contributed by atoms with Crippen LogP contribution in [0.2, 0.25) is 0 Å². The first kappa shape index (κ1) is 13.9. The Morgan fingerprint density at radius 1 is 1.22 bits per heavy atom. The zero-order valence-electron chi connectivity index (χ0n) is 10.6. The molecule has 1 aliphatic carbocycles. The van der Waals surface area contributed by atoms with E-state index in [1.54, 1.807) is 12.1 Å². The number of aliphatic hydroxyl groups is 1. The highest BCUT2D eigenvalue weighted by molar-refractivity contribution is 7.99. The zero-order valence-corrected chi connectivity index (χ0v) is 11.5. The van der Waals surface area contributed by atoms with Gasteiger partial charge in [-0.05, 0) is 24.5 Å². The average molecular weight is 268 g/mol. The van der Waals surface area contributed by atoms with Gasteiger partial charge in [0, 0.05) is 17.4 Å². The molecule has 1 N–H and O–H groups in total. The molecule has 1 aliphatic rings. The van der Waals surface area contributed by atoms with Crippen LogP contribution in [0.1, 0.15) is 37.7 Å². The first-order valence-electron chi connectivity index (χ1n) is 6.79. The molecule has 18 heavy (non-hydrogen) atoms. The standard InChI is InChI=1S/C15H21FOS/c16-15-9-5-4-6-12(15)10-13(17)11-18-14-7-2-1-3-8-14/h4-6,9,13-14,17H,1-3,7-8,10-11H2. The number of benzene rings is 1. The van der Waals surface area contributed by atoms with Crippen LogP contribution in [0, 0.1) is 5.82 Å². The minimum Gasteiger partial charge on any atom is -0.392 e. The Labute approximate surface area is 113 Å². The zero-order chi connectivity index (χ0) is 12.8. The summed E-state index contributed by atoms with van der Waals surface area (Å²) in [7, 11) is 0. The Balaban J connectivity index is 1.74. The molecular weight excluding hydrogens is 247 g/mol. The maximum atomic E-state index is 13.4. The lowest BCUT2D eigenvalue weighted by Crippen LogP contribution is -2.18. The lowest BCUT2D eigenvalue weighted by atomic mass is 10.0. The molecule has 0 heterocycles. The van der Waals surface area contributed by atoms with E-state index < -0.39 is 6.10 Å². The van der Waals surface area contributed by atoms with Gasteiger partial charge in [0.2, 0.25) is 0 Å². The summed E-state index contributed by atoms with van der Waals surface area (Å²) < 4.78 is 13.4. The van der Waals surface area contributed by atoms with Crippen LogP contribution in [-0.4, -0.2) is 22.2 Å². The van der Waals surface area contributed by atoms with Crippen molar-refractivity contribution in [2.75, 3.05) is 5.75 Å². The van der Waals surface area contributed by atoms with Crippen molar-refractivity contribution >= 4 is 11.8 Å². The SMILES string of the molecule is OC(CSC1CCCCC1)Cc1ccccc1F. The molecule has 1 saturated carbocycles. The second kappa shape index (κ2) is 7.15. The first-order chi connectivity index (χ1) is 8.75. The number of halogens is 1. The van der Waals surface area contributed by atoms with Crippen molar-refractivity contribution in [1.29, 1.82) is 0 Å². The third-order valence-electron chi connectivity index (χ3n) is 3.49. The van der Waals surface area contributed by atoms with E-state index in [0.717, 1.165) is 5.75 Å². The Hall–Kier alpha value is -0.540. The maximum Gasteiger partial charge on any atom is 0.126 e. The molecule has 3 heteroatoms. The molecule has 0 bridgehead atoms. The first-order valence-corrected chi connectivity index (χ1v) is 7.83. The van der Waals surface area contributed by atoms with Crippen LogP contribution < -0.4 is 0 Å². The number of thioether (sulfide) groups is 1. The normalized spacial score (nSPS) is 18.8. The Morgan fingerprint density at radius 2 is 1.94 bits per heavy atom. The van der Waals surface area contributed by atoms with Crippen molar-refractivity contribution < 1.29 is 9.50 Å². The maximum absolute atomic E-state index is 13.4. The molecule has 1 aromatic rings. The summed E-state index contributed by atoms with van der Waals surface area (Å²) in [4.78, 5) is 0. The molecule has 2 rings (SSSR count). The van der Waals surface area contributed by atoms with Crippen LogP contribution in [0.4, 0.5) is 4.39 Å². The largest absolute Gasteiger partial charge is 0.392 e. The highest BCUT2D eigenvalue weighted by Gasteiger charge is 2.16. The minimum absolute atomic E-state index is 0.209. The molecule has 0 spiro atoms. The van der Waals surface area contributed by atoms with Crippen molar-refractivity contribution in [3.8, 4) is 0 Å². The van der Waals surface area contributed by atoms with Crippen LogP contribution in [-0.2, 0) is 6.42 Å². The number of aliphatic hydroxyl groups excluding tert-OH is 1. The van der Waals surface area contributed by atoms with Gasteiger partial charge in [-0.2, -0.15) is 11.8 Å². The smallest absolute Gasteiger partial charge is 0.126 e. The van der Waals surface area contributed by atoms with Crippen LogP contribution in [0.5, 0.6) is 0 Å². The molecule has 1 unspecified atom stereocenters. The molecule has 0 radical (unpaired) electrons. The summed E-state index contributed by atoms with van der Waals surface area (Å²) in [6.45, 7) is 0. The van der Waals surface area contributed by atoms with Gasteiger partial charge in [0.25, 0.3) is 0 Å². The molecule has 1 fully saturated rings. The van der Waals surface area contributed by atoms with E-state index in [1.165, 1.54) is 38.2 Å². The molecule has 1 nitrogen and oxygen atoms in total. The van der Waals surface area contributed by atoms with Gasteiger partial charge in [0.15, 0.2) is 0 Å². The molecule has 1 atom stereocenters. The number of hydrogen-bond acceptors (Lipinski definition) is 2. The van der Waals surface area contributed by atoms with E-state index in [9.17, 15) is 9.50 Å². The number of rotatable bonds is 5. The van der Waals surface area contributed by atoms with E-state index in [1.807, 2.05) is 17.8 Å². The van der Waals surface area contributed by atoms with Gasteiger partial charge in [-0.1, -0.05) is 37.5 Å². The highest BCUT2D eigenvalue weighted by Crippen LogP contribution is 2.28. The summed E-state index contributed by atoms with van der Waals surface area (Å²) >= 11 is 1.86. The van der Waals surface area contributed by atoms with Crippen molar-refractivity contribution in [2.45, 2.75) is 49.9 Å². The van der Waals surface area contributed by atoms with Gasteiger partial charge in [-0.3, -0.25) is 0 Å². The van der Waals surface area contributed by atoms with Crippen LogP contribution in [0.25, 0.3) is 0 Å². The predicted octanol–water partition coefficient (Wildman–Crippen LogP) is 3.80. The van der Waals surface area contributed by atoms with E-state index >= 15 is 0 Å². The monoisotopic (exact) mass is 268 g/mol. The van der Waals surface area contributed by atoms with Gasteiger partial charge in [0.1, 0.15) is 5.82 Å². The summed E-state index contributed by atoms with van der Waals surface area (Å²) in [6, 6.07) is 6.71. The Morgan fingerprint density at radius 3 is 2.67 bits per heavy atom. The summed E-state index contributed by atoms with van der Waals surface area (Å²) in [5.41, 5.74) is 0.620. The van der Waals surface area contributed by atoms with E-state index in [-0.39, 0.29) is 5.82 Å². The Kier molecular flexibility index (Phi) is 5.51. The van der Waals surface area contributed by atoms with Crippen molar-refractivity contribution in [1.82, 2.24) is 0 Å². The second-order valence-electron chi connectivity index (χ2n) is 5.04. The molecule has 100 valence electrons. The third-order valence-corrected chi connectivity index (χ3v) is 5.01. The van der Waals surface area contributed by atoms with Gasteiger partial charge in [-0.15, -0.1) is 0 Å². The lowest BCUT2D eigenvalue weighted by Gasteiger charge is -2.22. The molecule has 0 aliphatic heterocycles. The lowest BCUT2D eigenvalue weighted by molar-refractivity contribution is 0.198. The highest BCUT2D eigenvalue weighted by atomic mass is 32.2. The average Bonchev–Trinajstić information content (AvgIpc) is 2.40. The van der Waals surface area contributed by atoms with Crippen molar-refractivity contribution in [3.63, 3.8) is 0 Å². The van der Waals surface area contributed by atoms with Gasteiger partial charge in [0.05, 0.1) is 6.10 Å². The van der Waals surface area contributed by atoms with Crippen molar-refractivity contribution in [2.24, 2.45) is 0 Å². The summed E-state index contributed by atoms with van der Waals surface area (Å²) in [5, 5.41) is 10.7. The Bertz CT molecular complexity index is 363. The topological polar surface area (TPSA) is 20.2 Å². The van der Waals surface area contributed by atoms with E-state index in [4.69, 9.17) is 0 Å². The third kappa shape index (κ3) is 4.29. The summed E-state index contributed by atoms with van der Waals surface area (Å²) in [6.07, 6.45) is 6.53. The molecule has 1 aromatic carbocycles. The fourth-order valence-corrected chi connectivity index (χ4v) is 3.73. The molecular formula is C15H21FOS. The summed E-state index contributed by atoms with van der Waals surface area (Å²) in [5.74, 6) is 0.512. The van der Waals surface area contributed by atoms with E-state index in [0.29, 0.717) is 17.2 Å². The van der Waals surface area contributed by atoms with Gasteiger partial charge >= 0.3 is 0 Å². The van der Waals surface area contributed by atoms with Crippen LogP contribution >= 0.6 is 11.8 Å². The van der Waals surface area contributed by atoms with Crippen LogP contribution in [0.3, 0.4) is 0 Å². The van der Waals surface area contributed by atoms with Crippen LogP contribution in [0.15, 0.2) is 24.3 Å². The fraction of sp³-hybridized carbons (Fsp3) is 0.600. The fourth-order valence-electron chi connectivity index (χ4n) is 2.46. The quantitative estimate of drug-likeness (QED) is 0.876. The van der Waals surface area contributed by atoms with E-state index in [2.05, 4.69) is 0 Å². The van der Waals surface area contributed by atoms with Gasteiger partial charge in [-0.25, -0.2) is 4.39 Å².